The number of nitrogens with zero attached hydrogens (tertiary/aromatic N) is 1. The number of hydrogen-bond acceptors (Lipinski definition) is 4. The minimum absolute atomic E-state index is 0.222. The van der Waals surface area contributed by atoms with Crippen molar-refractivity contribution >= 4 is 17.4 Å². The van der Waals surface area contributed by atoms with Gasteiger partial charge in [0.25, 0.3) is 0 Å². The molecule has 0 bridgehead atoms. The van der Waals surface area contributed by atoms with Crippen molar-refractivity contribution in [1.82, 2.24) is 4.98 Å². The number of hydrogen-bond donors (Lipinski definition) is 1. The fraction of sp³-hybridized carbons (Fsp3) is 0.545. The molecule has 1 unspecified atom stereocenters. The number of nitrogen functional groups attached to an aromatic ring is 1. The summed E-state index contributed by atoms with van der Waals surface area (Å²) in [6, 6.07) is 3.40. The zero-order valence-corrected chi connectivity index (χ0v) is 9.74. The first-order valence-corrected chi connectivity index (χ1v) is 5.74. The second kappa shape index (κ2) is 5.48. The third kappa shape index (κ3) is 3.07. The van der Waals surface area contributed by atoms with Gasteiger partial charge in [0, 0.05) is 6.61 Å². The van der Waals surface area contributed by atoms with Gasteiger partial charge in [-0.05, 0) is 25.0 Å². The van der Waals surface area contributed by atoms with E-state index >= 15 is 0 Å². The molecule has 0 radical (unpaired) electrons. The van der Waals surface area contributed by atoms with Crippen LogP contribution in [0.15, 0.2) is 12.1 Å². The van der Waals surface area contributed by atoms with E-state index < -0.39 is 0 Å². The van der Waals surface area contributed by atoms with Crippen LogP contribution in [-0.2, 0) is 16.1 Å². The number of pyridine rings is 1. The Balaban J connectivity index is 1.82. The van der Waals surface area contributed by atoms with Crippen LogP contribution >= 0.6 is 11.6 Å². The number of ether oxygens (including phenoxy) is 2. The zero-order valence-electron chi connectivity index (χ0n) is 8.99. The molecule has 1 saturated heterocycles. The van der Waals surface area contributed by atoms with Crippen LogP contribution in [0.3, 0.4) is 0 Å². The molecule has 4 nitrogen and oxygen atoms in total. The Hall–Kier alpha value is -0.840. The summed E-state index contributed by atoms with van der Waals surface area (Å²) in [5.74, 6) is 0.458. The van der Waals surface area contributed by atoms with Gasteiger partial charge in [-0.3, -0.25) is 0 Å². The Kier molecular flexibility index (Phi) is 3.98. The molecule has 1 aliphatic heterocycles. The summed E-state index contributed by atoms with van der Waals surface area (Å²) in [7, 11) is 0. The van der Waals surface area contributed by atoms with E-state index in [0.29, 0.717) is 29.7 Å². The summed E-state index contributed by atoms with van der Waals surface area (Å²) >= 11 is 5.96. The molecule has 16 heavy (non-hydrogen) atoms. The molecular weight excluding hydrogens is 228 g/mol. The molecule has 1 fully saturated rings. The normalized spacial score (nSPS) is 20.2. The van der Waals surface area contributed by atoms with Gasteiger partial charge in [0.05, 0.1) is 30.0 Å². The van der Waals surface area contributed by atoms with E-state index in [1.54, 1.807) is 12.1 Å². The average Bonchev–Trinajstić information content (AvgIpc) is 2.76. The molecule has 2 N–H and O–H groups in total. The van der Waals surface area contributed by atoms with Gasteiger partial charge in [0.1, 0.15) is 5.82 Å². The molecule has 0 aromatic carbocycles. The predicted octanol–water partition coefficient (Wildman–Crippen LogP) is 2.01. The number of halogens is 1. The highest BCUT2D eigenvalue weighted by atomic mass is 35.5. The lowest BCUT2D eigenvalue weighted by atomic mass is 10.2. The molecule has 0 saturated carbocycles. The van der Waals surface area contributed by atoms with Gasteiger partial charge >= 0.3 is 0 Å². The van der Waals surface area contributed by atoms with Crippen molar-refractivity contribution in [3.8, 4) is 0 Å². The lowest BCUT2D eigenvalue weighted by Gasteiger charge is -2.10. The van der Waals surface area contributed by atoms with Gasteiger partial charge in [-0.15, -0.1) is 0 Å². The highest BCUT2D eigenvalue weighted by Gasteiger charge is 2.15. The minimum Gasteiger partial charge on any atom is -0.384 e. The first kappa shape index (κ1) is 11.6. The number of rotatable bonds is 4. The van der Waals surface area contributed by atoms with Crippen LogP contribution in [0.2, 0.25) is 5.02 Å². The van der Waals surface area contributed by atoms with Crippen LogP contribution in [0.25, 0.3) is 0 Å². The second-order valence-electron chi connectivity index (χ2n) is 3.81. The fourth-order valence-electron chi connectivity index (χ4n) is 1.67. The molecule has 1 aromatic heterocycles. The van der Waals surface area contributed by atoms with E-state index in [9.17, 15) is 0 Å². The quantitative estimate of drug-likeness (QED) is 0.878. The van der Waals surface area contributed by atoms with Crippen molar-refractivity contribution in [2.45, 2.75) is 25.6 Å². The topological polar surface area (TPSA) is 57.4 Å². The Morgan fingerprint density at radius 1 is 1.56 bits per heavy atom. The predicted molar refractivity (Wildman–Crippen MR) is 62.3 cm³/mol. The lowest BCUT2D eigenvalue weighted by molar-refractivity contribution is 0.00971. The van der Waals surface area contributed by atoms with E-state index in [4.69, 9.17) is 26.8 Å². The van der Waals surface area contributed by atoms with E-state index in [-0.39, 0.29) is 6.10 Å². The summed E-state index contributed by atoms with van der Waals surface area (Å²) < 4.78 is 11.0. The summed E-state index contributed by atoms with van der Waals surface area (Å²) in [6.07, 6.45) is 2.41. The number of aromatic nitrogens is 1. The summed E-state index contributed by atoms with van der Waals surface area (Å²) in [5.41, 5.74) is 6.25. The molecule has 0 aliphatic carbocycles. The summed E-state index contributed by atoms with van der Waals surface area (Å²) in [6.45, 7) is 1.81. The van der Waals surface area contributed by atoms with Gasteiger partial charge in [-0.2, -0.15) is 0 Å². The van der Waals surface area contributed by atoms with E-state index in [0.717, 1.165) is 19.4 Å². The lowest BCUT2D eigenvalue weighted by Crippen LogP contribution is -2.14. The molecule has 88 valence electrons. The van der Waals surface area contributed by atoms with Gasteiger partial charge in [0.15, 0.2) is 0 Å². The minimum atomic E-state index is 0.222. The maximum absolute atomic E-state index is 5.96. The molecule has 0 spiro atoms. The van der Waals surface area contributed by atoms with Crippen molar-refractivity contribution in [1.29, 1.82) is 0 Å². The molecule has 1 aromatic rings. The maximum atomic E-state index is 5.96. The van der Waals surface area contributed by atoms with Crippen LogP contribution in [0.5, 0.6) is 0 Å². The molecule has 5 heteroatoms. The first-order chi connectivity index (χ1) is 7.75. The van der Waals surface area contributed by atoms with E-state index in [1.807, 2.05) is 0 Å². The monoisotopic (exact) mass is 242 g/mol. The van der Waals surface area contributed by atoms with Crippen molar-refractivity contribution in [2.75, 3.05) is 18.9 Å². The van der Waals surface area contributed by atoms with E-state index in [2.05, 4.69) is 4.98 Å². The summed E-state index contributed by atoms with van der Waals surface area (Å²) in [5, 5.41) is 0.585. The van der Waals surface area contributed by atoms with Crippen molar-refractivity contribution in [3.05, 3.63) is 22.8 Å². The molecular formula is C11H15ClN2O2. The van der Waals surface area contributed by atoms with Crippen LogP contribution in [-0.4, -0.2) is 24.3 Å². The van der Waals surface area contributed by atoms with Crippen molar-refractivity contribution < 1.29 is 9.47 Å². The van der Waals surface area contributed by atoms with Crippen LogP contribution in [0.1, 0.15) is 18.5 Å². The second-order valence-corrected chi connectivity index (χ2v) is 4.22. The van der Waals surface area contributed by atoms with Gasteiger partial charge in [-0.1, -0.05) is 11.6 Å². The Morgan fingerprint density at radius 3 is 3.19 bits per heavy atom. The van der Waals surface area contributed by atoms with Gasteiger partial charge in [0.2, 0.25) is 0 Å². The Labute approximate surface area is 99.7 Å². The van der Waals surface area contributed by atoms with Crippen LogP contribution in [0.4, 0.5) is 5.82 Å². The molecule has 1 aliphatic rings. The van der Waals surface area contributed by atoms with E-state index in [1.165, 1.54) is 0 Å². The van der Waals surface area contributed by atoms with Crippen molar-refractivity contribution in [2.24, 2.45) is 0 Å². The first-order valence-electron chi connectivity index (χ1n) is 5.36. The average molecular weight is 243 g/mol. The molecule has 2 rings (SSSR count). The molecule has 2 heterocycles. The fourth-order valence-corrected chi connectivity index (χ4v) is 1.83. The number of anilines is 1. The van der Waals surface area contributed by atoms with Crippen LogP contribution in [0, 0.1) is 0 Å². The third-order valence-corrected chi connectivity index (χ3v) is 2.85. The highest BCUT2D eigenvalue weighted by Crippen LogP contribution is 2.17. The SMILES string of the molecule is Nc1ccc(Cl)c(COCC2CCCO2)n1. The highest BCUT2D eigenvalue weighted by molar-refractivity contribution is 6.31. The Bertz CT molecular complexity index is 354. The number of nitrogens with two attached hydrogens (primary N) is 1. The van der Waals surface area contributed by atoms with Crippen molar-refractivity contribution in [3.63, 3.8) is 0 Å². The van der Waals surface area contributed by atoms with Crippen LogP contribution < -0.4 is 5.73 Å². The zero-order chi connectivity index (χ0) is 11.4. The summed E-state index contributed by atoms with van der Waals surface area (Å²) in [4.78, 5) is 4.12. The van der Waals surface area contributed by atoms with Gasteiger partial charge < -0.3 is 15.2 Å². The maximum Gasteiger partial charge on any atom is 0.123 e. The molecule has 1 atom stereocenters. The standard InChI is InChI=1S/C11H15ClN2O2/c12-9-3-4-11(13)14-10(9)7-15-6-8-2-1-5-16-8/h3-4,8H,1-2,5-7H2,(H2,13,14). The Morgan fingerprint density at radius 2 is 2.44 bits per heavy atom. The smallest absolute Gasteiger partial charge is 0.123 e. The van der Waals surface area contributed by atoms with Gasteiger partial charge in [-0.25, -0.2) is 4.98 Å². The third-order valence-electron chi connectivity index (χ3n) is 2.51. The largest absolute Gasteiger partial charge is 0.384 e. The molecule has 0 amide bonds.